The van der Waals surface area contributed by atoms with Crippen LogP contribution in [0.1, 0.15) is 22.8 Å². The van der Waals surface area contributed by atoms with Crippen LogP contribution in [0.3, 0.4) is 0 Å². The molecule has 0 saturated heterocycles. The van der Waals surface area contributed by atoms with Gasteiger partial charge in [-0.15, -0.1) is 5.10 Å². The Morgan fingerprint density at radius 2 is 1.71 bits per heavy atom. The molecule has 0 fully saturated rings. The van der Waals surface area contributed by atoms with Crippen molar-refractivity contribution in [1.82, 2.24) is 14.5 Å². The summed E-state index contributed by atoms with van der Waals surface area (Å²) in [7, 11) is -3.75. The summed E-state index contributed by atoms with van der Waals surface area (Å²) in [5, 5.41) is 11.0. The highest BCUT2D eigenvalue weighted by Crippen LogP contribution is 2.30. The van der Waals surface area contributed by atoms with E-state index < -0.39 is 15.9 Å². The van der Waals surface area contributed by atoms with Crippen LogP contribution in [-0.2, 0) is 16.6 Å². The number of nitrogens with zero attached hydrogens (tertiary/aromatic N) is 3. The van der Waals surface area contributed by atoms with Gasteiger partial charge in [-0.05, 0) is 48.0 Å². The molecule has 8 nitrogen and oxygen atoms in total. The molecule has 0 aliphatic carbocycles. The lowest BCUT2D eigenvalue weighted by molar-refractivity contribution is 0.102. The molecule has 0 radical (unpaired) electrons. The molecular formula is C24H20Cl2N4O4S. The van der Waals surface area contributed by atoms with Crippen LogP contribution in [0.15, 0.2) is 82.1 Å². The average molecular weight is 531 g/mol. The fourth-order valence-electron chi connectivity index (χ4n) is 3.30. The summed E-state index contributed by atoms with van der Waals surface area (Å²) < 4.78 is 33.1. The van der Waals surface area contributed by atoms with Gasteiger partial charge in [0.2, 0.25) is 10.0 Å². The zero-order chi connectivity index (χ0) is 25.0. The number of rotatable bonds is 8. The van der Waals surface area contributed by atoms with Gasteiger partial charge in [0.15, 0.2) is 0 Å². The van der Waals surface area contributed by atoms with Gasteiger partial charge in [-0.3, -0.25) is 10.1 Å². The van der Waals surface area contributed by atoms with Crippen molar-refractivity contribution < 1.29 is 17.6 Å². The van der Waals surface area contributed by atoms with Crippen LogP contribution in [0.5, 0.6) is 0 Å². The predicted octanol–water partition coefficient (Wildman–Crippen LogP) is 5.51. The van der Waals surface area contributed by atoms with Crippen LogP contribution in [0, 0.1) is 0 Å². The lowest BCUT2D eigenvalue weighted by atomic mass is 10.2. The molecule has 0 aliphatic heterocycles. The van der Waals surface area contributed by atoms with Gasteiger partial charge in [-0.2, -0.15) is 4.31 Å². The van der Waals surface area contributed by atoms with E-state index in [9.17, 15) is 13.2 Å². The van der Waals surface area contributed by atoms with Gasteiger partial charge in [0.1, 0.15) is 0 Å². The van der Waals surface area contributed by atoms with Crippen LogP contribution >= 0.6 is 23.2 Å². The van der Waals surface area contributed by atoms with Crippen molar-refractivity contribution >= 4 is 45.1 Å². The van der Waals surface area contributed by atoms with Gasteiger partial charge in [0.05, 0.1) is 15.5 Å². The summed E-state index contributed by atoms with van der Waals surface area (Å²) in [6, 6.07) is 19.6. The summed E-state index contributed by atoms with van der Waals surface area (Å²) in [6.07, 6.45) is 0. The first-order valence-corrected chi connectivity index (χ1v) is 12.7. The number of amides is 1. The smallest absolute Gasteiger partial charge is 0.322 e. The topological polar surface area (TPSA) is 105 Å². The third-order valence-corrected chi connectivity index (χ3v) is 7.60. The highest BCUT2D eigenvalue weighted by Gasteiger charge is 2.24. The normalized spacial score (nSPS) is 11.5. The van der Waals surface area contributed by atoms with Crippen molar-refractivity contribution in [2.75, 3.05) is 11.9 Å². The van der Waals surface area contributed by atoms with E-state index in [1.165, 1.54) is 34.6 Å². The van der Waals surface area contributed by atoms with E-state index in [2.05, 4.69) is 15.5 Å². The molecule has 0 spiro atoms. The first kappa shape index (κ1) is 24.9. The maximum absolute atomic E-state index is 13.1. The Balaban J connectivity index is 1.46. The van der Waals surface area contributed by atoms with Gasteiger partial charge in [-0.1, -0.05) is 65.6 Å². The Bertz CT molecular complexity index is 1440. The van der Waals surface area contributed by atoms with Crippen LogP contribution in [0.25, 0.3) is 11.5 Å². The number of hydrogen-bond acceptors (Lipinski definition) is 6. The average Bonchev–Trinajstić information content (AvgIpc) is 3.31. The Hall–Kier alpha value is -3.24. The minimum atomic E-state index is -3.75. The van der Waals surface area contributed by atoms with E-state index >= 15 is 0 Å². The van der Waals surface area contributed by atoms with E-state index in [1.54, 1.807) is 19.1 Å². The van der Waals surface area contributed by atoms with Crippen molar-refractivity contribution in [3.05, 3.63) is 94.0 Å². The first-order chi connectivity index (χ1) is 16.8. The third-order valence-electron chi connectivity index (χ3n) is 5.12. The molecule has 11 heteroatoms. The van der Waals surface area contributed by atoms with E-state index in [0.717, 1.165) is 5.56 Å². The molecule has 0 aliphatic rings. The van der Waals surface area contributed by atoms with Gasteiger partial charge < -0.3 is 4.42 Å². The molecule has 0 bridgehead atoms. The maximum Gasteiger partial charge on any atom is 0.322 e. The summed E-state index contributed by atoms with van der Waals surface area (Å²) in [5.41, 5.74) is 1.57. The monoisotopic (exact) mass is 530 g/mol. The molecule has 4 rings (SSSR count). The van der Waals surface area contributed by atoms with Gasteiger partial charge in [-0.25, -0.2) is 8.42 Å². The molecule has 4 aromatic rings. The second-order valence-electron chi connectivity index (χ2n) is 7.43. The molecular weight excluding hydrogens is 511 g/mol. The lowest BCUT2D eigenvalue weighted by Crippen LogP contribution is -2.30. The molecule has 0 unspecified atom stereocenters. The molecule has 1 aromatic heterocycles. The predicted molar refractivity (Wildman–Crippen MR) is 134 cm³/mol. The van der Waals surface area contributed by atoms with Crippen LogP contribution in [0.2, 0.25) is 10.0 Å². The Kier molecular flexibility index (Phi) is 7.51. The molecule has 0 saturated carbocycles. The Morgan fingerprint density at radius 1 is 1.00 bits per heavy atom. The molecule has 1 amide bonds. The number of hydrogen-bond donors (Lipinski definition) is 1. The summed E-state index contributed by atoms with van der Waals surface area (Å²) >= 11 is 12.1. The number of carbonyl (C=O) groups excluding carboxylic acids is 1. The van der Waals surface area contributed by atoms with Crippen molar-refractivity contribution in [2.45, 2.75) is 18.4 Å². The number of aromatic nitrogens is 2. The molecule has 0 atom stereocenters. The van der Waals surface area contributed by atoms with E-state index in [4.69, 9.17) is 27.6 Å². The molecule has 1 N–H and O–H groups in total. The quantitative estimate of drug-likeness (QED) is 0.322. The molecule has 180 valence electrons. The van der Waals surface area contributed by atoms with Crippen LogP contribution in [-0.4, -0.2) is 35.4 Å². The van der Waals surface area contributed by atoms with Crippen molar-refractivity contribution in [2.24, 2.45) is 0 Å². The van der Waals surface area contributed by atoms with Gasteiger partial charge >= 0.3 is 6.01 Å². The Labute approximate surface area is 212 Å². The Morgan fingerprint density at radius 3 is 2.37 bits per heavy atom. The van der Waals surface area contributed by atoms with E-state index in [0.29, 0.717) is 22.2 Å². The number of sulfonamides is 1. The second-order valence-corrected chi connectivity index (χ2v) is 10.2. The molecule has 3 aromatic carbocycles. The minimum absolute atomic E-state index is 0.0873. The number of nitrogens with one attached hydrogen (secondary N) is 1. The zero-order valence-electron chi connectivity index (χ0n) is 18.5. The van der Waals surface area contributed by atoms with E-state index in [-0.39, 0.29) is 28.9 Å². The standard InChI is InChI=1S/C24H20Cl2N4O4S/c1-2-30(15-16-6-4-3-5-7-16)35(32,33)19-11-8-17(9-12-19)22(31)27-24-29-28-23(34-24)20-13-10-18(25)14-21(20)26/h3-14H,2,15H2,1H3,(H,27,29,31). The van der Waals surface area contributed by atoms with Crippen molar-refractivity contribution in [1.29, 1.82) is 0 Å². The van der Waals surface area contributed by atoms with Gasteiger partial charge in [0, 0.05) is 23.7 Å². The number of halogens is 2. The maximum atomic E-state index is 13.1. The highest BCUT2D eigenvalue weighted by molar-refractivity contribution is 7.89. The largest absolute Gasteiger partial charge is 0.403 e. The fraction of sp³-hybridized carbons (Fsp3) is 0.125. The minimum Gasteiger partial charge on any atom is -0.403 e. The summed E-state index contributed by atoms with van der Waals surface area (Å²) in [5.74, 6) is -0.426. The molecule has 1 heterocycles. The number of anilines is 1. The van der Waals surface area contributed by atoms with Crippen molar-refractivity contribution in [3.63, 3.8) is 0 Å². The summed E-state index contributed by atoms with van der Waals surface area (Å²) in [6.45, 7) is 2.33. The number of benzene rings is 3. The van der Waals surface area contributed by atoms with Gasteiger partial charge in [0.25, 0.3) is 11.8 Å². The lowest BCUT2D eigenvalue weighted by Gasteiger charge is -2.20. The van der Waals surface area contributed by atoms with E-state index in [1.807, 2.05) is 30.3 Å². The number of carbonyl (C=O) groups is 1. The zero-order valence-corrected chi connectivity index (χ0v) is 20.8. The first-order valence-electron chi connectivity index (χ1n) is 10.5. The molecule has 35 heavy (non-hydrogen) atoms. The third kappa shape index (κ3) is 5.71. The highest BCUT2D eigenvalue weighted by atomic mass is 35.5. The van der Waals surface area contributed by atoms with Crippen LogP contribution < -0.4 is 5.32 Å². The second kappa shape index (κ2) is 10.6. The SMILES string of the molecule is CCN(Cc1ccccc1)S(=O)(=O)c1ccc(C(=O)Nc2nnc(-c3ccc(Cl)cc3Cl)o2)cc1. The summed E-state index contributed by atoms with van der Waals surface area (Å²) in [4.78, 5) is 12.7. The van der Waals surface area contributed by atoms with Crippen molar-refractivity contribution in [3.8, 4) is 11.5 Å². The van der Waals surface area contributed by atoms with Crippen LogP contribution in [0.4, 0.5) is 6.01 Å². The fourth-order valence-corrected chi connectivity index (χ4v) is 5.22.